The van der Waals surface area contributed by atoms with Crippen LogP contribution in [0.5, 0.6) is 0 Å². The van der Waals surface area contributed by atoms with E-state index in [1.807, 2.05) is 32.0 Å². The zero-order valence-electron chi connectivity index (χ0n) is 13.0. The number of nitrogens with two attached hydrogens (primary N) is 1. The summed E-state index contributed by atoms with van der Waals surface area (Å²) in [4.78, 5) is 12.4. The molecule has 1 aromatic rings. The first-order valence-electron chi connectivity index (χ1n) is 6.86. The number of benzene rings is 1. The molecular weight excluding hydrogens is 248 g/mol. The monoisotopic (exact) mass is 272 g/mol. The lowest BCUT2D eigenvalue weighted by Gasteiger charge is -2.28. The minimum atomic E-state index is -0.0857. The first-order valence-corrected chi connectivity index (χ1v) is 6.86. The Labute approximate surface area is 121 Å². The van der Waals surface area contributed by atoms with E-state index in [0.29, 0.717) is 5.56 Å². The Morgan fingerprint density at radius 2 is 2.05 bits per heavy atom. The van der Waals surface area contributed by atoms with Crippen LogP contribution >= 0.6 is 0 Å². The van der Waals surface area contributed by atoms with Gasteiger partial charge in [0, 0.05) is 11.6 Å². The van der Waals surface area contributed by atoms with Gasteiger partial charge in [0.15, 0.2) is 0 Å². The molecule has 0 radical (unpaired) electrons. The van der Waals surface area contributed by atoms with Gasteiger partial charge >= 0.3 is 0 Å². The Hall–Kier alpha value is -1.79. The van der Waals surface area contributed by atoms with Crippen LogP contribution in [0.1, 0.15) is 49.2 Å². The summed E-state index contributed by atoms with van der Waals surface area (Å²) in [6.45, 7) is 10.6. The second kappa shape index (κ2) is 6.58. The molecule has 1 aromatic carbocycles. The average molecular weight is 272 g/mol. The standard InChI is InChI=1S/C17H24N2O/c1-12-8-9-14(7-6-10-18)15(11-12)16(20)19-13(2)17(3,4)5/h8-9,11,13H,10,18H2,1-5H3,(H,19,20). The molecule has 1 atom stereocenters. The molecule has 20 heavy (non-hydrogen) atoms. The molecule has 3 N–H and O–H groups in total. The van der Waals surface area contributed by atoms with Crippen LogP contribution in [0, 0.1) is 24.2 Å². The molecule has 0 saturated carbocycles. The van der Waals surface area contributed by atoms with Crippen molar-refractivity contribution < 1.29 is 4.79 Å². The van der Waals surface area contributed by atoms with Gasteiger partial charge < -0.3 is 11.1 Å². The average Bonchev–Trinajstić information content (AvgIpc) is 2.36. The van der Waals surface area contributed by atoms with E-state index in [1.54, 1.807) is 0 Å². The van der Waals surface area contributed by atoms with Crippen molar-refractivity contribution >= 4 is 5.91 Å². The fraction of sp³-hybridized carbons (Fsp3) is 0.471. The lowest BCUT2D eigenvalue weighted by Crippen LogP contribution is -2.41. The summed E-state index contributed by atoms with van der Waals surface area (Å²) in [5.74, 6) is 5.67. The van der Waals surface area contributed by atoms with E-state index in [0.717, 1.165) is 11.1 Å². The minimum absolute atomic E-state index is 0.0165. The van der Waals surface area contributed by atoms with Gasteiger partial charge in [-0.2, -0.15) is 0 Å². The van der Waals surface area contributed by atoms with Crippen molar-refractivity contribution in [1.29, 1.82) is 0 Å². The van der Waals surface area contributed by atoms with Crippen molar-refractivity contribution in [2.24, 2.45) is 11.1 Å². The van der Waals surface area contributed by atoms with Crippen LogP contribution in [0.15, 0.2) is 18.2 Å². The highest BCUT2D eigenvalue weighted by Crippen LogP contribution is 2.19. The first-order chi connectivity index (χ1) is 9.25. The van der Waals surface area contributed by atoms with E-state index in [2.05, 4.69) is 37.9 Å². The number of carbonyl (C=O) groups is 1. The van der Waals surface area contributed by atoms with Crippen LogP contribution in [-0.2, 0) is 0 Å². The van der Waals surface area contributed by atoms with Gasteiger partial charge in [-0.25, -0.2) is 0 Å². The minimum Gasteiger partial charge on any atom is -0.349 e. The number of aryl methyl sites for hydroxylation is 1. The molecule has 3 heteroatoms. The van der Waals surface area contributed by atoms with E-state index < -0.39 is 0 Å². The number of hydrogen-bond acceptors (Lipinski definition) is 2. The molecule has 0 bridgehead atoms. The highest BCUT2D eigenvalue weighted by atomic mass is 16.1. The molecule has 0 aromatic heterocycles. The predicted octanol–water partition coefficient (Wildman–Crippen LogP) is 2.47. The molecule has 3 nitrogen and oxygen atoms in total. The highest BCUT2D eigenvalue weighted by Gasteiger charge is 2.23. The summed E-state index contributed by atoms with van der Waals surface area (Å²) in [5, 5.41) is 3.04. The second-order valence-electron chi connectivity index (χ2n) is 6.12. The van der Waals surface area contributed by atoms with Crippen molar-refractivity contribution in [3.05, 3.63) is 34.9 Å². The third-order valence-corrected chi connectivity index (χ3v) is 3.39. The second-order valence-corrected chi connectivity index (χ2v) is 6.12. The molecule has 0 aliphatic heterocycles. The molecular formula is C17H24N2O. The molecule has 1 rings (SSSR count). The van der Waals surface area contributed by atoms with Crippen LogP contribution < -0.4 is 11.1 Å². The van der Waals surface area contributed by atoms with Crippen LogP contribution in [0.2, 0.25) is 0 Å². The van der Waals surface area contributed by atoms with Crippen molar-refractivity contribution in [2.75, 3.05) is 6.54 Å². The SMILES string of the molecule is Cc1ccc(C#CCN)c(C(=O)NC(C)C(C)(C)C)c1. The first kappa shape index (κ1) is 16.3. The number of nitrogens with one attached hydrogen (secondary N) is 1. The summed E-state index contributed by atoms with van der Waals surface area (Å²) in [6.07, 6.45) is 0. The number of rotatable bonds is 2. The lowest BCUT2D eigenvalue weighted by molar-refractivity contribution is 0.0910. The maximum absolute atomic E-state index is 12.4. The van der Waals surface area contributed by atoms with Gasteiger partial charge in [-0.3, -0.25) is 4.79 Å². The van der Waals surface area contributed by atoms with E-state index in [-0.39, 0.29) is 23.9 Å². The van der Waals surface area contributed by atoms with Gasteiger partial charge in [-0.05, 0) is 31.4 Å². The molecule has 0 saturated heterocycles. The van der Waals surface area contributed by atoms with Gasteiger partial charge in [0.1, 0.15) is 0 Å². The van der Waals surface area contributed by atoms with Crippen molar-refractivity contribution in [3.8, 4) is 11.8 Å². The summed E-state index contributed by atoms with van der Waals surface area (Å²) in [5.41, 5.74) is 7.79. The van der Waals surface area contributed by atoms with Crippen molar-refractivity contribution in [3.63, 3.8) is 0 Å². The highest BCUT2D eigenvalue weighted by molar-refractivity contribution is 5.97. The van der Waals surface area contributed by atoms with Gasteiger partial charge in [-0.1, -0.05) is 44.2 Å². The fourth-order valence-electron chi connectivity index (χ4n) is 1.59. The van der Waals surface area contributed by atoms with Crippen LogP contribution in [0.4, 0.5) is 0 Å². The zero-order chi connectivity index (χ0) is 15.3. The molecule has 1 unspecified atom stereocenters. The van der Waals surface area contributed by atoms with Crippen LogP contribution in [-0.4, -0.2) is 18.5 Å². The summed E-state index contributed by atoms with van der Waals surface area (Å²) >= 11 is 0. The number of carbonyl (C=O) groups excluding carboxylic acids is 1. The topological polar surface area (TPSA) is 55.1 Å². The van der Waals surface area contributed by atoms with Crippen LogP contribution in [0.3, 0.4) is 0 Å². The van der Waals surface area contributed by atoms with Crippen molar-refractivity contribution in [1.82, 2.24) is 5.32 Å². The Kier molecular flexibility index (Phi) is 5.35. The predicted molar refractivity (Wildman–Crippen MR) is 83.5 cm³/mol. The van der Waals surface area contributed by atoms with Crippen LogP contribution in [0.25, 0.3) is 0 Å². The maximum atomic E-state index is 12.4. The molecule has 0 fully saturated rings. The quantitative estimate of drug-likeness (QED) is 0.813. The summed E-state index contributed by atoms with van der Waals surface area (Å²) in [7, 11) is 0. The lowest BCUT2D eigenvalue weighted by atomic mass is 9.88. The summed E-state index contributed by atoms with van der Waals surface area (Å²) < 4.78 is 0. The zero-order valence-corrected chi connectivity index (χ0v) is 13.0. The Balaban J connectivity index is 3.05. The molecule has 0 aliphatic carbocycles. The summed E-state index contributed by atoms with van der Waals surface area (Å²) in [6, 6.07) is 5.76. The van der Waals surface area contributed by atoms with Gasteiger partial charge in [0.05, 0.1) is 12.1 Å². The normalized spacial score (nSPS) is 12.3. The van der Waals surface area contributed by atoms with E-state index in [4.69, 9.17) is 5.73 Å². The van der Waals surface area contributed by atoms with Gasteiger partial charge in [-0.15, -0.1) is 0 Å². The number of amides is 1. The molecule has 0 aliphatic rings. The van der Waals surface area contributed by atoms with E-state index in [1.165, 1.54) is 0 Å². The smallest absolute Gasteiger partial charge is 0.252 e. The Morgan fingerprint density at radius 1 is 1.40 bits per heavy atom. The fourth-order valence-corrected chi connectivity index (χ4v) is 1.59. The third kappa shape index (κ3) is 4.40. The molecule has 0 heterocycles. The van der Waals surface area contributed by atoms with Crippen molar-refractivity contribution in [2.45, 2.75) is 40.7 Å². The Morgan fingerprint density at radius 3 is 2.60 bits per heavy atom. The van der Waals surface area contributed by atoms with Gasteiger partial charge in [0.25, 0.3) is 5.91 Å². The number of hydrogen-bond donors (Lipinski definition) is 2. The van der Waals surface area contributed by atoms with E-state index in [9.17, 15) is 4.79 Å². The molecule has 1 amide bonds. The third-order valence-electron chi connectivity index (χ3n) is 3.39. The van der Waals surface area contributed by atoms with E-state index >= 15 is 0 Å². The maximum Gasteiger partial charge on any atom is 0.252 e. The molecule has 0 spiro atoms. The van der Waals surface area contributed by atoms with Gasteiger partial charge in [0.2, 0.25) is 0 Å². The Bertz CT molecular complexity index is 544. The molecule has 108 valence electrons. The largest absolute Gasteiger partial charge is 0.349 e.